The minimum absolute atomic E-state index is 0.0920. The second-order valence-electron chi connectivity index (χ2n) is 10.7. The smallest absolute Gasteiger partial charge is 0.243 e. The number of nitrogens with zero attached hydrogens (tertiary/aromatic N) is 3. The van der Waals surface area contributed by atoms with Crippen molar-refractivity contribution >= 4 is 15.9 Å². The van der Waals surface area contributed by atoms with Crippen molar-refractivity contribution in [1.82, 2.24) is 14.1 Å². The molecule has 5 rings (SSSR count). The van der Waals surface area contributed by atoms with E-state index in [1.165, 1.54) is 15.4 Å². The highest BCUT2D eigenvalue weighted by molar-refractivity contribution is 7.89. The van der Waals surface area contributed by atoms with Gasteiger partial charge >= 0.3 is 0 Å². The van der Waals surface area contributed by atoms with Crippen molar-refractivity contribution < 1.29 is 13.2 Å². The molecule has 6 nitrogen and oxygen atoms in total. The summed E-state index contributed by atoms with van der Waals surface area (Å²) in [5, 5.41) is 0. The molecule has 7 heteroatoms. The molecule has 0 saturated carbocycles. The van der Waals surface area contributed by atoms with Crippen LogP contribution in [-0.2, 0) is 21.4 Å². The molecule has 1 saturated heterocycles. The largest absolute Gasteiger partial charge is 0.339 e. The van der Waals surface area contributed by atoms with E-state index in [2.05, 4.69) is 53.4 Å². The Morgan fingerprint density at radius 2 is 1.32 bits per heavy atom. The molecule has 0 N–H and O–H groups in total. The Bertz CT molecular complexity index is 1510. The van der Waals surface area contributed by atoms with Gasteiger partial charge in [0, 0.05) is 32.7 Å². The maximum Gasteiger partial charge on any atom is 0.243 e. The number of piperazine rings is 1. The molecule has 0 aromatic heterocycles. The van der Waals surface area contributed by atoms with Gasteiger partial charge in [-0.25, -0.2) is 8.42 Å². The first-order valence-corrected chi connectivity index (χ1v) is 15.5. The number of sulfonamides is 1. The zero-order valence-corrected chi connectivity index (χ0v) is 24.5. The molecule has 1 amide bonds. The SMILES string of the molecule is Cc1ccc(S(=O)(=O)N(CC(=O)N2CCN(C(c3ccccc3)c3ccccc3)CC2)Cc2cccc(C)c2)cc1. The van der Waals surface area contributed by atoms with Crippen LogP contribution in [0.1, 0.15) is 33.9 Å². The van der Waals surface area contributed by atoms with Gasteiger partial charge in [-0.2, -0.15) is 4.31 Å². The summed E-state index contributed by atoms with van der Waals surface area (Å²) in [5.74, 6) is -0.177. The summed E-state index contributed by atoms with van der Waals surface area (Å²) in [6.07, 6.45) is 0. The van der Waals surface area contributed by atoms with Crippen LogP contribution in [0.15, 0.2) is 114 Å². The molecule has 212 valence electrons. The van der Waals surface area contributed by atoms with Crippen molar-refractivity contribution in [1.29, 1.82) is 0 Å². The Kier molecular flexibility index (Phi) is 8.98. The number of rotatable bonds is 9. The van der Waals surface area contributed by atoms with Crippen LogP contribution >= 0.6 is 0 Å². The average molecular weight is 568 g/mol. The van der Waals surface area contributed by atoms with E-state index in [-0.39, 0.29) is 29.9 Å². The summed E-state index contributed by atoms with van der Waals surface area (Å²) in [4.78, 5) is 18.0. The fraction of sp³-hybridized carbons (Fsp3) is 0.265. The van der Waals surface area contributed by atoms with Crippen LogP contribution < -0.4 is 0 Å². The monoisotopic (exact) mass is 567 g/mol. The van der Waals surface area contributed by atoms with E-state index in [1.807, 2.05) is 50.2 Å². The van der Waals surface area contributed by atoms with Gasteiger partial charge in [0.25, 0.3) is 0 Å². The summed E-state index contributed by atoms with van der Waals surface area (Å²) in [5.41, 5.74) is 5.31. The van der Waals surface area contributed by atoms with Crippen molar-refractivity contribution in [3.63, 3.8) is 0 Å². The summed E-state index contributed by atoms with van der Waals surface area (Å²) >= 11 is 0. The van der Waals surface area contributed by atoms with Crippen molar-refractivity contribution in [2.75, 3.05) is 32.7 Å². The van der Waals surface area contributed by atoms with Gasteiger partial charge in [0.1, 0.15) is 0 Å². The van der Waals surface area contributed by atoms with Gasteiger partial charge in [0.15, 0.2) is 0 Å². The van der Waals surface area contributed by atoms with Crippen LogP contribution in [0.25, 0.3) is 0 Å². The highest BCUT2D eigenvalue weighted by atomic mass is 32.2. The zero-order valence-electron chi connectivity index (χ0n) is 23.7. The van der Waals surface area contributed by atoms with Crippen molar-refractivity contribution in [3.8, 4) is 0 Å². The molecule has 0 bridgehead atoms. The Balaban J connectivity index is 1.33. The summed E-state index contributed by atoms with van der Waals surface area (Å²) in [7, 11) is -3.88. The van der Waals surface area contributed by atoms with Crippen molar-refractivity contribution in [2.24, 2.45) is 0 Å². The molecule has 4 aromatic rings. The first-order chi connectivity index (χ1) is 19.8. The highest BCUT2D eigenvalue weighted by Crippen LogP contribution is 2.29. The third-order valence-corrected chi connectivity index (χ3v) is 9.48. The van der Waals surface area contributed by atoms with Crippen molar-refractivity contribution in [3.05, 3.63) is 137 Å². The number of carbonyl (C=O) groups excluding carboxylic acids is 1. The lowest BCUT2D eigenvalue weighted by Gasteiger charge is -2.40. The fourth-order valence-corrected chi connectivity index (χ4v) is 6.84. The van der Waals surface area contributed by atoms with Gasteiger partial charge in [0.2, 0.25) is 15.9 Å². The number of hydrogen-bond donors (Lipinski definition) is 0. The minimum atomic E-state index is -3.88. The number of hydrogen-bond acceptors (Lipinski definition) is 4. The Morgan fingerprint density at radius 3 is 1.88 bits per heavy atom. The summed E-state index contributed by atoms with van der Waals surface area (Å²) < 4.78 is 28.8. The second-order valence-corrected chi connectivity index (χ2v) is 12.7. The molecule has 0 aliphatic carbocycles. The molecule has 0 unspecified atom stereocenters. The van der Waals surface area contributed by atoms with Gasteiger partial charge in [-0.05, 0) is 42.7 Å². The lowest BCUT2D eigenvalue weighted by molar-refractivity contribution is -0.133. The second kappa shape index (κ2) is 12.8. The zero-order chi connectivity index (χ0) is 28.8. The molecule has 1 aliphatic heterocycles. The molecular weight excluding hydrogens is 530 g/mol. The van der Waals surface area contributed by atoms with Gasteiger partial charge < -0.3 is 4.90 Å². The van der Waals surface area contributed by atoms with E-state index < -0.39 is 10.0 Å². The van der Waals surface area contributed by atoms with Crippen LogP contribution in [-0.4, -0.2) is 61.2 Å². The molecule has 0 radical (unpaired) electrons. The highest BCUT2D eigenvalue weighted by Gasteiger charge is 2.32. The van der Waals surface area contributed by atoms with E-state index in [1.54, 1.807) is 29.2 Å². The van der Waals surface area contributed by atoms with Gasteiger partial charge in [-0.15, -0.1) is 0 Å². The Labute approximate surface area is 243 Å². The molecular formula is C34H37N3O3S. The van der Waals surface area contributed by atoms with Gasteiger partial charge in [-0.3, -0.25) is 9.69 Å². The van der Waals surface area contributed by atoms with E-state index in [0.717, 1.165) is 16.7 Å². The average Bonchev–Trinajstić information content (AvgIpc) is 2.99. The fourth-order valence-electron chi connectivity index (χ4n) is 5.46. The maximum atomic E-state index is 13.8. The number of aryl methyl sites for hydroxylation is 2. The molecule has 1 aliphatic rings. The quantitative estimate of drug-likeness (QED) is 0.271. The molecule has 0 spiro atoms. The van der Waals surface area contributed by atoms with Crippen LogP contribution in [0.2, 0.25) is 0 Å². The number of carbonyl (C=O) groups is 1. The van der Waals surface area contributed by atoms with E-state index in [4.69, 9.17) is 0 Å². The predicted molar refractivity (Wildman–Crippen MR) is 163 cm³/mol. The third-order valence-electron chi connectivity index (χ3n) is 7.67. The van der Waals surface area contributed by atoms with Gasteiger partial charge in [0.05, 0.1) is 17.5 Å². The topological polar surface area (TPSA) is 60.9 Å². The standard InChI is InChI=1S/C34H37N3O3S/c1-27-16-18-32(19-17-27)41(39,40)37(25-29-11-9-10-28(2)24-29)26-33(38)35-20-22-36(23-21-35)34(30-12-5-3-6-13-30)31-14-7-4-8-15-31/h3-19,24,34H,20-23,25-26H2,1-2H3. The van der Waals surface area contributed by atoms with Gasteiger partial charge in [-0.1, -0.05) is 108 Å². The maximum absolute atomic E-state index is 13.8. The molecule has 41 heavy (non-hydrogen) atoms. The molecule has 4 aromatic carbocycles. The Hall–Kier alpha value is -3.78. The lowest BCUT2D eigenvalue weighted by Crippen LogP contribution is -2.52. The minimum Gasteiger partial charge on any atom is -0.339 e. The Morgan fingerprint density at radius 1 is 0.732 bits per heavy atom. The summed E-state index contributed by atoms with van der Waals surface area (Å²) in [6.45, 7) is 6.30. The third kappa shape index (κ3) is 6.93. The molecule has 1 fully saturated rings. The van der Waals surface area contributed by atoms with Crippen LogP contribution in [0.5, 0.6) is 0 Å². The lowest BCUT2D eigenvalue weighted by atomic mass is 9.96. The van der Waals surface area contributed by atoms with E-state index >= 15 is 0 Å². The van der Waals surface area contributed by atoms with Crippen molar-refractivity contribution in [2.45, 2.75) is 31.3 Å². The van der Waals surface area contributed by atoms with Crippen LogP contribution in [0.3, 0.4) is 0 Å². The predicted octanol–water partition coefficient (Wildman–Crippen LogP) is 5.43. The van der Waals surface area contributed by atoms with E-state index in [0.29, 0.717) is 26.2 Å². The molecule has 0 atom stereocenters. The normalized spacial score (nSPS) is 14.5. The number of amides is 1. The summed E-state index contributed by atoms with van der Waals surface area (Å²) in [6, 6.07) is 35.5. The number of benzene rings is 4. The van der Waals surface area contributed by atoms with Crippen LogP contribution in [0, 0.1) is 13.8 Å². The van der Waals surface area contributed by atoms with Crippen LogP contribution in [0.4, 0.5) is 0 Å². The van der Waals surface area contributed by atoms with E-state index in [9.17, 15) is 13.2 Å². The molecule has 1 heterocycles. The first-order valence-electron chi connectivity index (χ1n) is 14.1. The first kappa shape index (κ1) is 28.7.